The highest BCUT2D eigenvalue weighted by Gasteiger charge is 2.06. The van der Waals surface area contributed by atoms with Crippen LogP contribution in [0.3, 0.4) is 0 Å². The van der Waals surface area contributed by atoms with Crippen molar-refractivity contribution in [2.24, 2.45) is 11.7 Å². The van der Waals surface area contributed by atoms with Crippen LogP contribution in [0.1, 0.15) is 18.3 Å². The highest BCUT2D eigenvalue weighted by molar-refractivity contribution is 5.75. The van der Waals surface area contributed by atoms with E-state index in [0.717, 1.165) is 23.3 Å². The molecule has 2 aromatic rings. The fraction of sp³-hybridized carbons (Fsp3) is 0.417. The van der Waals surface area contributed by atoms with Crippen molar-refractivity contribution in [2.45, 2.75) is 20.3 Å². The van der Waals surface area contributed by atoms with Crippen molar-refractivity contribution < 1.29 is 0 Å². The van der Waals surface area contributed by atoms with Crippen molar-refractivity contribution in [1.29, 1.82) is 0 Å². The Bertz CT molecular complexity index is 459. The molecule has 1 aromatic heterocycles. The monoisotopic (exact) mass is 203 g/mol. The number of nitrogens with zero attached hydrogens (tertiary/aromatic N) is 1. The zero-order valence-electron chi connectivity index (χ0n) is 9.25. The molecule has 1 atom stereocenters. The normalized spacial score (nSPS) is 13.3. The second-order valence-electron chi connectivity index (χ2n) is 4.25. The van der Waals surface area contributed by atoms with Gasteiger partial charge in [0.1, 0.15) is 5.82 Å². The molecule has 15 heavy (non-hydrogen) atoms. The van der Waals surface area contributed by atoms with Crippen molar-refractivity contribution in [3.8, 4) is 0 Å². The van der Waals surface area contributed by atoms with E-state index in [2.05, 4.69) is 42.0 Å². The minimum atomic E-state index is 0.478. The summed E-state index contributed by atoms with van der Waals surface area (Å²) >= 11 is 0. The van der Waals surface area contributed by atoms with Gasteiger partial charge in [-0.1, -0.05) is 13.0 Å². The number of benzene rings is 1. The van der Waals surface area contributed by atoms with Crippen LogP contribution in [0.15, 0.2) is 18.2 Å². The number of aromatic nitrogens is 2. The average molecular weight is 203 g/mol. The molecule has 0 radical (unpaired) electrons. The number of fused-ring (bicyclic) bond motifs is 1. The molecular weight excluding hydrogens is 186 g/mol. The summed E-state index contributed by atoms with van der Waals surface area (Å²) in [6.45, 7) is 4.93. The van der Waals surface area contributed by atoms with Crippen LogP contribution in [0.4, 0.5) is 0 Å². The molecule has 0 amide bonds. The number of H-pyrrole nitrogens is 1. The number of nitrogens with two attached hydrogens (primary N) is 1. The summed E-state index contributed by atoms with van der Waals surface area (Å²) in [6.07, 6.45) is 0.921. The third kappa shape index (κ3) is 2.18. The number of rotatable bonds is 3. The van der Waals surface area contributed by atoms with Gasteiger partial charge in [-0.2, -0.15) is 0 Å². The highest BCUT2D eigenvalue weighted by Crippen LogP contribution is 2.14. The van der Waals surface area contributed by atoms with Gasteiger partial charge >= 0.3 is 0 Å². The van der Waals surface area contributed by atoms with Crippen LogP contribution >= 0.6 is 0 Å². The first-order valence-corrected chi connectivity index (χ1v) is 5.34. The third-order valence-corrected chi connectivity index (χ3v) is 2.63. The molecule has 0 aliphatic heterocycles. The second-order valence-corrected chi connectivity index (χ2v) is 4.25. The zero-order valence-corrected chi connectivity index (χ0v) is 9.25. The standard InChI is InChI=1S/C12H17N3/c1-8-3-4-10-11(5-8)15-12(14-10)6-9(2)7-13/h3-5,9H,6-7,13H2,1-2H3,(H,14,15). The van der Waals surface area contributed by atoms with E-state index >= 15 is 0 Å². The summed E-state index contributed by atoms with van der Waals surface area (Å²) < 4.78 is 0. The van der Waals surface area contributed by atoms with Crippen LogP contribution in [0.25, 0.3) is 11.0 Å². The van der Waals surface area contributed by atoms with E-state index in [4.69, 9.17) is 5.73 Å². The average Bonchev–Trinajstić information content (AvgIpc) is 2.59. The SMILES string of the molecule is Cc1ccc2nc(CC(C)CN)[nH]c2c1. The summed E-state index contributed by atoms with van der Waals surface area (Å²) in [7, 11) is 0. The number of aromatic amines is 1. The Kier molecular flexibility index (Phi) is 2.73. The van der Waals surface area contributed by atoms with E-state index in [1.165, 1.54) is 5.56 Å². The van der Waals surface area contributed by atoms with E-state index < -0.39 is 0 Å². The molecule has 0 fully saturated rings. The molecule has 1 heterocycles. The van der Waals surface area contributed by atoms with E-state index in [0.29, 0.717) is 12.5 Å². The highest BCUT2D eigenvalue weighted by atomic mass is 14.9. The molecule has 1 unspecified atom stereocenters. The van der Waals surface area contributed by atoms with Gasteiger partial charge in [0.2, 0.25) is 0 Å². The summed E-state index contributed by atoms with van der Waals surface area (Å²) in [5, 5.41) is 0. The van der Waals surface area contributed by atoms with Crippen LogP contribution in [-0.4, -0.2) is 16.5 Å². The number of aryl methyl sites for hydroxylation is 1. The first-order valence-electron chi connectivity index (χ1n) is 5.34. The quantitative estimate of drug-likeness (QED) is 0.801. The Morgan fingerprint density at radius 3 is 3.00 bits per heavy atom. The fourth-order valence-electron chi connectivity index (χ4n) is 1.69. The number of imidazole rings is 1. The molecule has 0 aliphatic rings. The zero-order chi connectivity index (χ0) is 10.8. The molecule has 3 nitrogen and oxygen atoms in total. The van der Waals surface area contributed by atoms with Crippen LogP contribution < -0.4 is 5.73 Å². The van der Waals surface area contributed by atoms with Gasteiger partial charge in [0.05, 0.1) is 11.0 Å². The Balaban J connectivity index is 2.30. The summed E-state index contributed by atoms with van der Waals surface area (Å²) in [5.41, 5.74) is 9.01. The fourth-order valence-corrected chi connectivity index (χ4v) is 1.69. The van der Waals surface area contributed by atoms with Gasteiger partial charge in [0, 0.05) is 6.42 Å². The molecule has 0 bridgehead atoms. The van der Waals surface area contributed by atoms with Gasteiger partial charge < -0.3 is 10.7 Å². The topological polar surface area (TPSA) is 54.7 Å². The Morgan fingerprint density at radius 1 is 1.47 bits per heavy atom. The Hall–Kier alpha value is -1.35. The molecule has 3 heteroatoms. The maximum Gasteiger partial charge on any atom is 0.107 e. The largest absolute Gasteiger partial charge is 0.342 e. The Morgan fingerprint density at radius 2 is 2.27 bits per heavy atom. The molecular formula is C12H17N3. The van der Waals surface area contributed by atoms with Crippen LogP contribution in [-0.2, 0) is 6.42 Å². The van der Waals surface area contributed by atoms with Gasteiger partial charge in [0.15, 0.2) is 0 Å². The number of hydrogen-bond donors (Lipinski definition) is 2. The molecule has 1 aromatic carbocycles. The molecule has 0 saturated carbocycles. The van der Waals surface area contributed by atoms with Crippen LogP contribution in [0.5, 0.6) is 0 Å². The van der Waals surface area contributed by atoms with E-state index in [9.17, 15) is 0 Å². The van der Waals surface area contributed by atoms with Crippen LogP contribution in [0, 0.1) is 12.8 Å². The predicted molar refractivity (Wildman–Crippen MR) is 62.8 cm³/mol. The lowest BCUT2D eigenvalue weighted by atomic mass is 10.1. The van der Waals surface area contributed by atoms with Gasteiger partial charge in [-0.3, -0.25) is 0 Å². The second kappa shape index (κ2) is 4.03. The maximum atomic E-state index is 5.60. The Labute approximate surface area is 89.7 Å². The lowest BCUT2D eigenvalue weighted by Crippen LogP contribution is -2.13. The van der Waals surface area contributed by atoms with Crippen molar-refractivity contribution in [1.82, 2.24) is 9.97 Å². The lowest BCUT2D eigenvalue weighted by Gasteiger charge is -2.03. The van der Waals surface area contributed by atoms with E-state index in [-0.39, 0.29) is 0 Å². The number of nitrogens with one attached hydrogen (secondary N) is 1. The van der Waals surface area contributed by atoms with Crippen molar-refractivity contribution >= 4 is 11.0 Å². The minimum absolute atomic E-state index is 0.478. The van der Waals surface area contributed by atoms with Crippen LogP contribution in [0.2, 0.25) is 0 Å². The van der Waals surface area contributed by atoms with Gasteiger partial charge in [-0.05, 0) is 37.1 Å². The first kappa shape index (κ1) is 10.2. The summed E-state index contributed by atoms with van der Waals surface area (Å²) in [5.74, 6) is 1.51. The number of hydrogen-bond acceptors (Lipinski definition) is 2. The van der Waals surface area contributed by atoms with Crippen molar-refractivity contribution in [2.75, 3.05) is 6.54 Å². The molecule has 3 N–H and O–H groups in total. The van der Waals surface area contributed by atoms with Crippen molar-refractivity contribution in [3.05, 3.63) is 29.6 Å². The molecule has 0 saturated heterocycles. The minimum Gasteiger partial charge on any atom is -0.342 e. The van der Waals surface area contributed by atoms with Gasteiger partial charge in [0.25, 0.3) is 0 Å². The van der Waals surface area contributed by atoms with E-state index in [1.807, 2.05) is 0 Å². The third-order valence-electron chi connectivity index (χ3n) is 2.63. The van der Waals surface area contributed by atoms with Crippen molar-refractivity contribution in [3.63, 3.8) is 0 Å². The smallest absolute Gasteiger partial charge is 0.107 e. The molecule has 2 rings (SSSR count). The lowest BCUT2D eigenvalue weighted by molar-refractivity contribution is 0.578. The first-order chi connectivity index (χ1) is 7.19. The molecule has 80 valence electrons. The van der Waals surface area contributed by atoms with E-state index in [1.54, 1.807) is 0 Å². The summed E-state index contributed by atoms with van der Waals surface area (Å²) in [4.78, 5) is 7.87. The molecule has 0 spiro atoms. The maximum absolute atomic E-state index is 5.60. The van der Waals surface area contributed by atoms with Gasteiger partial charge in [-0.15, -0.1) is 0 Å². The molecule has 0 aliphatic carbocycles. The van der Waals surface area contributed by atoms with Gasteiger partial charge in [-0.25, -0.2) is 4.98 Å². The predicted octanol–water partition coefficient (Wildman–Crippen LogP) is 2.01. The summed E-state index contributed by atoms with van der Waals surface area (Å²) in [6, 6.07) is 6.26.